The molecule has 26 heavy (non-hydrogen) atoms. The number of benzene rings is 4. The largest absolute Gasteiger partial charge is 0.0894 e. The van der Waals surface area contributed by atoms with Crippen LogP contribution in [0.25, 0.3) is 11.1 Å². The van der Waals surface area contributed by atoms with Crippen LogP contribution in [0.1, 0.15) is 22.3 Å². The lowest BCUT2D eigenvalue weighted by molar-refractivity contribution is 0.722. The zero-order valence-corrected chi connectivity index (χ0v) is 14.9. The molecule has 0 saturated heterocycles. The van der Waals surface area contributed by atoms with E-state index in [0.717, 1.165) is 0 Å². The number of fused-ring (bicyclic) bond motifs is 9. The molecule has 2 aliphatic rings. The summed E-state index contributed by atoms with van der Waals surface area (Å²) in [6.07, 6.45) is 0. The average molecular weight is 347 g/mol. The van der Waals surface area contributed by atoms with Crippen LogP contribution >= 0.6 is 11.8 Å². The Hall–Kier alpha value is -2.77. The molecule has 6 rings (SSSR count). The van der Waals surface area contributed by atoms with E-state index in [9.17, 15) is 0 Å². The standard InChI is InChI=1S/C25H15S/c1-3-11-19-17(9-1)18-10-2-4-12-20(18)25(19)21-13-5-7-15-23(21)26-24-16-8-6-14-22(24)25/h1,3-16H. The molecule has 4 aromatic carbocycles. The monoisotopic (exact) mass is 347 g/mol. The van der Waals surface area contributed by atoms with Crippen molar-refractivity contribution >= 4 is 11.8 Å². The second kappa shape index (κ2) is 5.12. The molecule has 0 unspecified atom stereocenters. The summed E-state index contributed by atoms with van der Waals surface area (Å²) in [6.45, 7) is 0. The molecule has 4 aromatic rings. The fourth-order valence-corrected chi connectivity index (χ4v) is 5.94. The molecule has 1 radical (unpaired) electrons. The van der Waals surface area contributed by atoms with E-state index < -0.39 is 0 Å². The molecule has 0 aromatic heterocycles. The van der Waals surface area contributed by atoms with E-state index in [4.69, 9.17) is 0 Å². The van der Waals surface area contributed by atoms with Crippen molar-refractivity contribution in [3.63, 3.8) is 0 Å². The van der Waals surface area contributed by atoms with Gasteiger partial charge in [0.25, 0.3) is 0 Å². The van der Waals surface area contributed by atoms with Crippen LogP contribution in [0.4, 0.5) is 0 Å². The maximum absolute atomic E-state index is 3.30. The van der Waals surface area contributed by atoms with Crippen LogP contribution in [0, 0.1) is 6.07 Å². The third kappa shape index (κ3) is 1.62. The van der Waals surface area contributed by atoms with Crippen LogP contribution in [0.5, 0.6) is 0 Å². The molecule has 1 heteroatoms. The van der Waals surface area contributed by atoms with Gasteiger partial charge in [-0.05, 0) is 57.6 Å². The van der Waals surface area contributed by atoms with Gasteiger partial charge in [0.1, 0.15) is 0 Å². The summed E-state index contributed by atoms with van der Waals surface area (Å²) in [7, 11) is 0. The van der Waals surface area contributed by atoms with Gasteiger partial charge in [0.05, 0.1) is 5.41 Å². The van der Waals surface area contributed by atoms with Crippen LogP contribution in [-0.4, -0.2) is 0 Å². The second-order valence-electron chi connectivity index (χ2n) is 6.86. The van der Waals surface area contributed by atoms with Gasteiger partial charge in [-0.2, -0.15) is 0 Å². The normalized spacial score (nSPS) is 15.1. The molecule has 1 aliphatic heterocycles. The smallest absolute Gasteiger partial charge is 0.0735 e. The predicted molar refractivity (Wildman–Crippen MR) is 107 cm³/mol. The van der Waals surface area contributed by atoms with E-state index in [-0.39, 0.29) is 5.41 Å². The summed E-state index contributed by atoms with van der Waals surface area (Å²) < 4.78 is 0. The fourth-order valence-electron chi connectivity index (χ4n) is 4.75. The van der Waals surface area contributed by atoms with Gasteiger partial charge in [-0.3, -0.25) is 0 Å². The minimum atomic E-state index is -0.237. The molecule has 0 saturated carbocycles. The molecular weight excluding hydrogens is 332 g/mol. The molecule has 121 valence electrons. The zero-order chi connectivity index (χ0) is 17.1. The van der Waals surface area contributed by atoms with Gasteiger partial charge in [-0.25, -0.2) is 0 Å². The van der Waals surface area contributed by atoms with Crippen LogP contribution in [0.3, 0.4) is 0 Å². The molecule has 0 bridgehead atoms. The Labute approximate surface area is 157 Å². The van der Waals surface area contributed by atoms with Crippen LogP contribution < -0.4 is 0 Å². The van der Waals surface area contributed by atoms with Crippen molar-refractivity contribution in [3.8, 4) is 11.1 Å². The first kappa shape index (κ1) is 14.4. The van der Waals surface area contributed by atoms with E-state index in [0.29, 0.717) is 0 Å². The molecule has 1 aliphatic carbocycles. The molecule has 1 heterocycles. The molecule has 0 nitrogen and oxygen atoms in total. The highest BCUT2D eigenvalue weighted by molar-refractivity contribution is 7.99. The van der Waals surface area contributed by atoms with E-state index in [1.165, 1.54) is 43.2 Å². The van der Waals surface area contributed by atoms with E-state index in [1.54, 1.807) is 0 Å². The highest BCUT2D eigenvalue weighted by atomic mass is 32.2. The molecule has 0 amide bonds. The van der Waals surface area contributed by atoms with Crippen molar-refractivity contribution in [2.45, 2.75) is 15.2 Å². The number of hydrogen-bond donors (Lipinski definition) is 0. The van der Waals surface area contributed by atoms with E-state index in [1.807, 2.05) is 11.8 Å². The summed E-state index contributed by atoms with van der Waals surface area (Å²) in [5, 5.41) is 0. The Morgan fingerprint density at radius 3 is 1.88 bits per heavy atom. The Morgan fingerprint density at radius 2 is 1.15 bits per heavy atom. The van der Waals surface area contributed by atoms with Crippen LogP contribution in [0.2, 0.25) is 0 Å². The Morgan fingerprint density at radius 1 is 0.577 bits per heavy atom. The van der Waals surface area contributed by atoms with Gasteiger partial charge >= 0.3 is 0 Å². The van der Waals surface area contributed by atoms with Gasteiger partial charge < -0.3 is 0 Å². The van der Waals surface area contributed by atoms with Crippen molar-refractivity contribution in [1.29, 1.82) is 0 Å². The SMILES string of the molecule is [c]1ccc2c(c1)-c1ccccc1C21c2ccccc2Sc2ccccc21. The first-order valence-electron chi connectivity index (χ1n) is 8.88. The summed E-state index contributed by atoms with van der Waals surface area (Å²) in [6, 6.07) is 36.4. The van der Waals surface area contributed by atoms with Crippen LogP contribution in [0.15, 0.2) is 101 Å². The first-order chi connectivity index (χ1) is 12.9. The Kier molecular flexibility index (Phi) is 2.84. The second-order valence-corrected chi connectivity index (χ2v) is 7.95. The van der Waals surface area contributed by atoms with Gasteiger partial charge in [0.2, 0.25) is 0 Å². The molecule has 0 fully saturated rings. The van der Waals surface area contributed by atoms with E-state index >= 15 is 0 Å². The summed E-state index contributed by atoms with van der Waals surface area (Å²) in [5.74, 6) is 0. The van der Waals surface area contributed by atoms with Crippen molar-refractivity contribution < 1.29 is 0 Å². The maximum atomic E-state index is 3.30. The Balaban J connectivity index is 1.87. The van der Waals surface area contributed by atoms with Crippen LogP contribution in [-0.2, 0) is 5.41 Å². The average Bonchev–Trinajstić information content (AvgIpc) is 3.00. The fraction of sp³-hybridized carbons (Fsp3) is 0.0400. The van der Waals surface area contributed by atoms with Crippen molar-refractivity contribution in [3.05, 3.63) is 119 Å². The highest BCUT2D eigenvalue weighted by Gasteiger charge is 2.49. The number of hydrogen-bond acceptors (Lipinski definition) is 1. The van der Waals surface area contributed by atoms with Gasteiger partial charge in [-0.1, -0.05) is 84.6 Å². The molecule has 0 N–H and O–H groups in total. The summed E-state index contributed by atoms with van der Waals surface area (Å²) >= 11 is 1.88. The lowest BCUT2D eigenvalue weighted by Gasteiger charge is -2.39. The molecule has 1 spiro atoms. The molecule has 0 atom stereocenters. The zero-order valence-electron chi connectivity index (χ0n) is 14.1. The lowest BCUT2D eigenvalue weighted by Crippen LogP contribution is -2.31. The minimum absolute atomic E-state index is 0.237. The summed E-state index contributed by atoms with van der Waals surface area (Å²) in [4.78, 5) is 2.70. The third-order valence-corrected chi connectivity index (χ3v) is 6.84. The summed E-state index contributed by atoms with van der Waals surface area (Å²) in [5.41, 5.74) is 7.93. The maximum Gasteiger partial charge on any atom is 0.0735 e. The number of rotatable bonds is 0. The predicted octanol–water partition coefficient (Wildman–Crippen LogP) is 6.31. The topological polar surface area (TPSA) is 0 Å². The van der Waals surface area contributed by atoms with Gasteiger partial charge in [0.15, 0.2) is 0 Å². The lowest BCUT2D eigenvalue weighted by atomic mass is 9.67. The quantitative estimate of drug-likeness (QED) is 0.310. The third-order valence-electron chi connectivity index (χ3n) is 5.69. The Bertz CT molecular complexity index is 1080. The van der Waals surface area contributed by atoms with Gasteiger partial charge in [0, 0.05) is 9.79 Å². The minimum Gasteiger partial charge on any atom is -0.0894 e. The van der Waals surface area contributed by atoms with Crippen molar-refractivity contribution in [2.24, 2.45) is 0 Å². The van der Waals surface area contributed by atoms with Gasteiger partial charge in [-0.15, -0.1) is 0 Å². The van der Waals surface area contributed by atoms with Crippen molar-refractivity contribution in [1.82, 2.24) is 0 Å². The molecular formula is C25H15S. The highest BCUT2D eigenvalue weighted by Crippen LogP contribution is 2.61. The van der Waals surface area contributed by atoms with Crippen molar-refractivity contribution in [2.75, 3.05) is 0 Å². The van der Waals surface area contributed by atoms with E-state index in [2.05, 4.69) is 97.1 Å². The first-order valence-corrected chi connectivity index (χ1v) is 9.69.